The van der Waals surface area contributed by atoms with Gasteiger partial charge < -0.3 is 4.74 Å². The normalized spacial score (nSPS) is 10.1. The summed E-state index contributed by atoms with van der Waals surface area (Å²) in [4.78, 5) is 0. The summed E-state index contributed by atoms with van der Waals surface area (Å²) in [6.45, 7) is 0. The van der Waals surface area contributed by atoms with Crippen molar-refractivity contribution in [3.8, 4) is 5.88 Å². The van der Waals surface area contributed by atoms with Gasteiger partial charge >= 0.3 is 0 Å². The number of benzene rings is 1. The van der Waals surface area contributed by atoms with Gasteiger partial charge in [-0.3, -0.25) is 0 Å². The molecule has 0 aliphatic rings. The van der Waals surface area contributed by atoms with Crippen LogP contribution in [-0.4, -0.2) is 17.3 Å². The zero-order valence-electron chi connectivity index (χ0n) is 8.85. The molecule has 16 heavy (non-hydrogen) atoms. The van der Waals surface area contributed by atoms with Crippen LogP contribution in [-0.2, 0) is 6.42 Å². The van der Waals surface area contributed by atoms with Crippen LogP contribution >= 0.6 is 0 Å². The minimum absolute atomic E-state index is 0.237. The maximum absolute atomic E-state index is 12.9. The molecule has 0 aliphatic carbocycles. The van der Waals surface area contributed by atoms with E-state index in [9.17, 15) is 4.39 Å². The van der Waals surface area contributed by atoms with Crippen LogP contribution in [0.3, 0.4) is 0 Å². The lowest BCUT2D eigenvalue weighted by molar-refractivity contribution is 0.391. The van der Waals surface area contributed by atoms with E-state index in [1.807, 2.05) is 12.1 Å². The van der Waals surface area contributed by atoms with Crippen molar-refractivity contribution in [2.24, 2.45) is 0 Å². The molecule has 82 valence electrons. The van der Waals surface area contributed by atoms with Gasteiger partial charge in [-0.2, -0.15) is 5.10 Å². The van der Waals surface area contributed by atoms with Crippen molar-refractivity contribution >= 4 is 0 Å². The van der Waals surface area contributed by atoms with E-state index >= 15 is 0 Å². The summed E-state index contributed by atoms with van der Waals surface area (Å²) in [7, 11) is 1.54. The molecule has 1 aromatic heterocycles. The van der Waals surface area contributed by atoms with Crippen molar-refractivity contribution in [3.05, 3.63) is 53.5 Å². The average molecular weight is 218 g/mol. The second kappa shape index (κ2) is 4.70. The van der Waals surface area contributed by atoms with Crippen LogP contribution in [0.2, 0.25) is 0 Å². The third kappa shape index (κ3) is 2.53. The minimum Gasteiger partial charge on any atom is -0.480 e. The maximum Gasteiger partial charge on any atom is 0.233 e. The van der Waals surface area contributed by atoms with Crippen LogP contribution in [0.15, 0.2) is 36.4 Å². The molecule has 3 nitrogen and oxygen atoms in total. The lowest BCUT2D eigenvalue weighted by Gasteiger charge is -2.01. The van der Waals surface area contributed by atoms with Crippen molar-refractivity contribution < 1.29 is 9.13 Å². The smallest absolute Gasteiger partial charge is 0.233 e. The van der Waals surface area contributed by atoms with Gasteiger partial charge in [0.2, 0.25) is 5.88 Å². The molecule has 0 atom stereocenters. The predicted molar refractivity (Wildman–Crippen MR) is 57.8 cm³/mol. The number of methoxy groups -OCH3 is 1. The van der Waals surface area contributed by atoms with E-state index in [1.165, 1.54) is 19.2 Å². The topological polar surface area (TPSA) is 35.0 Å². The first-order chi connectivity index (χ1) is 7.78. The molecule has 0 unspecified atom stereocenters. The largest absolute Gasteiger partial charge is 0.480 e. The Morgan fingerprint density at radius 1 is 1.19 bits per heavy atom. The van der Waals surface area contributed by atoms with Crippen molar-refractivity contribution in [1.82, 2.24) is 10.2 Å². The summed E-state index contributed by atoms with van der Waals surface area (Å²) < 4.78 is 17.8. The Hall–Kier alpha value is -1.97. The fourth-order valence-corrected chi connectivity index (χ4v) is 1.41. The molecule has 0 N–H and O–H groups in total. The van der Waals surface area contributed by atoms with E-state index < -0.39 is 0 Å². The molecule has 2 rings (SSSR count). The van der Waals surface area contributed by atoms with Crippen LogP contribution in [0.25, 0.3) is 0 Å². The fraction of sp³-hybridized carbons (Fsp3) is 0.167. The molecule has 2 aromatic rings. The van der Waals surface area contributed by atoms with E-state index in [2.05, 4.69) is 10.2 Å². The van der Waals surface area contributed by atoms with Crippen LogP contribution in [0.4, 0.5) is 4.39 Å². The first-order valence-corrected chi connectivity index (χ1v) is 4.89. The lowest BCUT2D eigenvalue weighted by Crippen LogP contribution is -1.96. The monoisotopic (exact) mass is 218 g/mol. The summed E-state index contributed by atoms with van der Waals surface area (Å²) >= 11 is 0. The Kier molecular flexibility index (Phi) is 3.10. The van der Waals surface area contributed by atoms with Gasteiger partial charge in [0.1, 0.15) is 5.82 Å². The van der Waals surface area contributed by atoms with Gasteiger partial charge in [0.05, 0.1) is 12.8 Å². The quantitative estimate of drug-likeness (QED) is 0.792. The third-order valence-corrected chi connectivity index (χ3v) is 2.18. The van der Waals surface area contributed by atoms with E-state index in [-0.39, 0.29) is 5.82 Å². The number of halogens is 1. The SMILES string of the molecule is COc1ccc(Cc2cccc(F)c2)nn1. The highest BCUT2D eigenvalue weighted by Crippen LogP contribution is 2.10. The standard InChI is InChI=1S/C12H11FN2O/c1-16-12-6-5-11(14-15-12)8-9-3-2-4-10(13)7-9/h2-7H,8H2,1H3. The zero-order chi connectivity index (χ0) is 11.4. The van der Waals surface area contributed by atoms with Gasteiger partial charge in [0, 0.05) is 12.5 Å². The molecule has 1 aromatic carbocycles. The molecule has 0 fully saturated rings. The summed E-state index contributed by atoms with van der Waals surface area (Å²) in [5, 5.41) is 7.83. The Morgan fingerprint density at radius 3 is 2.69 bits per heavy atom. The summed E-state index contributed by atoms with van der Waals surface area (Å²) in [6.07, 6.45) is 0.564. The summed E-state index contributed by atoms with van der Waals surface area (Å²) in [6, 6.07) is 10.0. The highest BCUT2D eigenvalue weighted by Gasteiger charge is 2.00. The molecule has 4 heteroatoms. The number of hydrogen-bond donors (Lipinski definition) is 0. The van der Waals surface area contributed by atoms with E-state index in [4.69, 9.17) is 4.74 Å². The first kappa shape index (κ1) is 10.5. The maximum atomic E-state index is 12.9. The van der Waals surface area contributed by atoms with Gasteiger partial charge in [-0.15, -0.1) is 5.10 Å². The third-order valence-electron chi connectivity index (χ3n) is 2.18. The van der Waals surface area contributed by atoms with Gasteiger partial charge in [-0.1, -0.05) is 12.1 Å². The molecule has 0 radical (unpaired) electrons. The van der Waals surface area contributed by atoms with E-state index in [0.29, 0.717) is 12.3 Å². The van der Waals surface area contributed by atoms with Crippen molar-refractivity contribution in [2.75, 3.05) is 7.11 Å². The van der Waals surface area contributed by atoms with Gasteiger partial charge in [0.25, 0.3) is 0 Å². The predicted octanol–water partition coefficient (Wildman–Crippen LogP) is 2.22. The second-order valence-electron chi connectivity index (χ2n) is 3.37. The molecule has 0 bridgehead atoms. The van der Waals surface area contributed by atoms with E-state index in [1.54, 1.807) is 12.1 Å². The van der Waals surface area contributed by atoms with Crippen molar-refractivity contribution in [2.45, 2.75) is 6.42 Å². The van der Waals surface area contributed by atoms with Crippen LogP contribution in [0.1, 0.15) is 11.3 Å². The highest BCUT2D eigenvalue weighted by molar-refractivity contribution is 5.23. The molecule has 0 saturated carbocycles. The molecule has 0 saturated heterocycles. The lowest BCUT2D eigenvalue weighted by atomic mass is 10.1. The van der Waals surface area contributed by atoms with Gasteiger partial charge in [-0.25, -0.2) is 4.39 Å². The first-order valence-electron chi connectivity index (χ1n) is 4.89. The molecule has 1 heterocycles. The molecule has 0 aliphatic heterocycles. The number of ether oxygens (including phenoxy) is 1. The number of aromatic nitrogens is 2. The van der Waals surface area contributed by atoms with Gasteiger partial charge in [-0.05, 0) is 23.8 Å². The highest BCUT2D eigenvalue weighted by atomic mass is 19.1. The number of rotatable bonds is 3. The molecule has 0 spiro atoms. The Bertz CT molecular complexity index is 471. The molecular formula is C12H11FN2O. The number of hydrogen-bond acceptors (Lipinski definition) is 3. The van der Waals surface area contributed by atoms with Crippen LogP contribution < -0.4 is 4.74 Å². The Balaban J connectivity index is 2.14. The Labute approximate surface area is 92.9 Å². The fourth-order valence-electron chi connectivity index (χ4n) is 1.41. The molecule has 0 amide bonds. The Morgan fingerprint density at radius 2 is 2.06 bits per heavy atom. The second-order valence-corrected chi connectivity index (χ2v) is 3.37. The van der Waals surface area contributed by atoms with Crippen LogP contribution in [0.5, 0.6) is 5.88 Å². The van der Waals surface area contributed by atoms with Crippen LogP contribution in [0, 0.1) is 5.82 Å². The minimum atomic E-state index is -0.237. The summed E-state index contributed by atoms with van der Waals surface area (Å²) in [5.41, 5.74) is 1.66. The average Bonchev–Trinajstić information content (AvgIpc) is 2.30. The van der Waals surface area contributed by atoms with Crippen molar-refractivity contribution in [3.63, 3.8) is 0 Å². The van der Waals surface area contributed by atoms with Gasteiger partial charge in [0.15, 0.2) is 0 Å². The van der Waals surface area contributed by atoms with Crippen molar-refractivity contribution in [1.29, 1.82) is 0 Å². The molecular weight excluding hydrogens is 207 g/mol. The zero-order valence-corrected chi connectivity index (χ0v) is 8.85. The summed E-state index contributed by atoms with van der Waals surface area (Å²) in [5.74, 6) is 0.238. The number of nitrogens with zero attached hydrogens (tertiary/aromatic N) is 2. The van der Waals surface area contributed by atoms with E-state index in [0.717, 1.165) is 11.3 Å².